The van der Waals surface area contributed by atoms with Crippen molar-refractivity contribution in [3.8, 4) is 0 Å². The van der Waals surface area contributed by atoms with Crippen molar-refractivity contribution in [2.75, 3.05) is 39.0 Å². The van der Waals surface area contributed by atoms with Crippen LogP contribution in [0.15, 0.2) is 0 Å². The van der Waals surface area contributed by atoms with Gasteiger partial charge in [0.25, 0.3) is 0 Å². The average molecular weight is 348 g/mol. The summed E-state index contributed by atoms with van der Waals surface area (Å²) in [4.78, 5) is 24.7. The Hall–Kier alpha value is -1.19. The van der Waals surface area contributed by atoms with Gasteiger partial charge in [0.15, 0.2) is 0 Å². The smallest absolute Gasteiger partial charge is 0.318 e. The molecule has 0 radical (unpaired) electrons. The van der Waals surface area contributed by atoms with E-state index in [-0.39, 0.29) is 12.5 Å². The summed E-state index contributed by atoms with van der Waals surface area (Å²) in [6.07, 6.45) is 4.31. The number of carbonyl (C=O) groups is 2. The minimum Gasteiger partial charge on any atom is -0.480 e. The molecule has 2 rings (SSSR count). The lowest BCUT2D eigenvalue weighted by Crippen LogP contribution is -2.51. The summed E-state index contributed by atoms with van der Waals surface area (Å²) in [6, 6.07) is 0. The van der Waals surface area contributed by atoms with Gasteiger partial charge in [-0.2, -0.15) is 4.31 Å². The molecule has 1 aliphatic heterocycles. The van der Waals surface area contributed by atoms with Crippen LogP contribution in [-0.4, -0.2) is 79.8 Å². The predicted molar refractivity (Wildman–Crippen MR) is 82.3 cm³/mol. The van der Waals surface area contributed by atoms with Crippen LogP contribution in [-0.2, 0) is 24.3 Å². The Labute approximate surface area is 136 Å². The predicted octanol–water partition coefficient (Wildman–Crippen LogP) is -0.250. The number of carbonyl (C=O) groups excluding carboxylic acids is 1. The highest BCUT2D eigenvalue weighted by molar-refractivity contribution is 7.88. The summed E-state index contributed by atoms with van der Waals surface area (Å²) in [5, 5.41) is 8.83. The van der Waals surface area contributed by atoms with Gasteiger partial charge in [-0.1, -0.05) is 12.8 Å². The van der Waals surface area contributed by atoms with Gasteiger partial charge >= 0.3 is 5.97 Å². The lowest BCUT2D eigenvalue weighted by Gasteiger charge is -2.35. The molecule has 1 heterocycles. The van der Waals surface area contributed by atoms with Crippen molar-refractivity contribution >= 4 is 21.9 Å². The van der Waals surface area contributed by atoms with Crippen molar-refractivity contribution in [2.24, 2.45) is 5.92 Å². The lowest BCUT2D eigenvalue weighted by atomic mass is 10.2. The molecule has 1 aliphatic carbocycles. The number of carboxylic acids is 1. The molecule has 0 aromatic heterocycles. The minimum atomic E-state index is -3.64. The Bertz CT molecular complexity index is 545. The maximum absolute atomic E-state index is 12.2. The number of hydrogen-bond acceptors (Lipinski definition) is 5. The highest BCUT2D eigenvalue weighted by Crippen LogP contribution is 2.33. The first-order chi connectivity index (χ1) is 10.8. The number of rotatable bonds is 8. The quantitative estimate of drug-likeness (QED) is 0.649. The Kier molecular flexibility index (Phi) is 5.99. The Balaban J connectivity index is 1.88. The van der Waals surface area contributed by atoms with Crippen molar-refractivity contribution in [2.45, 2.75) is 31.8 Å². The van der Waals surface area contributed by atoms with E-state index in [4.69, 9.17) is 9.84 Å². The molecule has 9 heteroatoms. The van der Waals surface area contributed by atoms with Gasteiger partial charge in [-0.15, -0.1) is 0 Å². The second-order valence-corrected chi connectivity index (χ2v) is 8.25. The molecule has 23 heavy (non-hydrogen) atoms. The van der Waals surface area contributed by atoms with Crippen LogP contribution in [0, 0.1) is 5.92 Å². The standard InChI is InChI=1S/C14H24N2O6S/c1-23(20,21)16(10-14(18)19)9-12-8-15(6-7-22-12)13(17)5-4-11-2-3-11/h11-12H,2-10H2,1H3,(H,18,19). The van der Waals surface area contributed by atoms with Gasteiger partial charge in [0.05, 0.1) is 19.0 Å². The van der Waals surface area contributed by atoms with Crippen LogP contribution in [0.2, 0.25) is 0 Å². The molecule has 1 saturated heterocycles. The van der Waals surface area contributed by atoms with Gasteiger partial charge in [0.2, 0.25) is 15.9 Å². The molecule has 1 amide bonds. The van der Waals surface area contributed by atoms with Crippen molar-refractivity contribution in [1.82, 2.24) is 9.21 Å². The summed E-state index contributed by atoms with van der Waals surface area (Å²) < 4.78 is 29.7. The van der Waals surface area contributed by atoms with E-state index in [0.717, 1.165) is 17.0 Å². The summed E-state index contributed by atoms with van der Waals surface area (Å²) in [5.41, 5.74) is 0. The van der Waals surface area contributed by atoms with Crippen LogP contribution in [0.4, 0.5) is 0 Å². The number of sulfonamides is 1. The molecule has 0 aromatic carbocycles. The van der Waals surface area contributed by atoms with Crippen molar-refractivity contribution in [3.63, 3.8) is 0 Å². The first-order valence-corrected chi connectivity index (χ1v) is 9.67. The van der Waals surface area contributed by atoms with E-state index >= 15 is 0 Å². The molecule has 0 spiro atoms. The Morgan fingerprint density at radius 2 is 2.04 bits per heavy atom. The van der Waals surface area contributed by atoms with Crippen molar-refractivity contribution < 1.29 is 27.9 Å². The summed E-state index contributed by atoms with van der Waals surface area (Å²) >= 11 is 0. The molecule has 1 N–H and O–H groups in total. The monoisotopic (exact) mass is 348 g/mol. The third kappa shape index (κ3) is 6.08. The highest BCUT2D eigenvalue weighted by Gasteiger charge is 2.30. The first kappa shape index (κ1) is 18.2. The largest absolute Gasteiger partial charge is 0.480 e. The number of ether oxygens (including phenoxy) is 1. The maximum Gasteiger partial charge on any atom is 0.318 e. The Morgan fingerprint density at radius 3 is 2.61 bits per heavy atom. The van der Waals surface area contributed by atoms with E-state index in [1.165, 1.54) is 12.8 Å². The molecule has 132 valence electrons. The Morgan fingerprint density at radius 1 is 1.35 bits per heavy atom. The second-order valence-electron chi connectivity index (χ2n) is 6.26. The van der Waals surface area contributed by atoms with Gasteiger partial charge in [0.1, 0.15) is 6.54 Å². The molecule has 1 unspecified atom stereocenters. The van der Waals surface area contributed by atoms with E-state index in [2.05, 4.69) is 0 Å². The number of carboxylic acid groups (broad SMARTS) is 1. The van der Waals surface area contributed by atoms with Crippen molar-refractivity contribution in [1.29, 1.82) is 0 Å². The van der Waals surface area contributed by atoms with E-state index in [1.807, 2.05) is 0 Å². The van der Waals surface area contributed by atoms with Crippen LogP contribution >= 0.6 is 0 Å². The van der Waals surface area contributed by atoms with E-state index < -0.39 is 28.6 Å². The molecule has 8 nitrogen and oxygen atoms in total. The minimum absolute atomic E-state index is 0.0580. The number of morpholine rings is 1. The van der Waals surface area contributed by atoms with Gasteiger partial charge in [-0.3, -0.25) is 9.59 Å². The van der Waals surface area contributed by atoms with Gasteiger partial charge in [0, 0.05) is 26.1 Å². The molecular formula is C14H24N2O6S. The highest BCUT2D eigenvalue weighted by atomic mass is 32.2. The molecule has 0 aromatic rings. The number of amides is 1. The molecule has 2 fully saturated rings. The van der Waals surface area contributed by atoms with Crippen LogP contribution < -0.4 is 0 Å². The normalized spacial score (nSPS) is 22.3. The van der Waals surface area contributed by atoms with E-state index in [0.29, 0.717) is 32.0 Å². The lowest BCUT2D eigenvalue weighted by molar-refractivity contribution is -0.141. The van der Waals surface area contributed by atoms with Crippen molar-refractivity contribution in [3.05, 3.63) is 0 Å². The van der Waals surface area contributed by atoms with Crippen LogP contribution in [0.1, 0.15) is 25.7 Å². The number of hydrogen-bond donors (Lipinski definition) is 1. The van der Waals surface area contributed by atoms with Gasteiger partial charge < -0.3 is 14.7 Å². The molecule has 1 atom stereocenters. The number of nitrogens with zero attached hydrogens (tertiary/aromatic N) is 2. The van der Waals surface area contributed by atoms with E-state index in [1.54, 1.807) is 4.90 Å². The maximum atomic E-state index is 12.2. The fourth-order valence-corrected chi connectivity index (χ4v) is 3.43. The van der Waals surface area contributed by atoms with Crippen LogP contribution in [0.5, 0.6) is 0 Å². The topological polar surface area (TPSA) is 104 Å². The molecule has 1 saturated carbocycles. The van der Waals surface area contributed by atoms with Gasteiger partial charge in [-0.05, 0) is 12.3 Å². The first-order valence-electron chi connectivity index (χ1n) is 7.82. The molecule has 2 aliphatic rings. The number of aliphatic carboxylic acids is 1. The SMILES string of the molecule is CS(=O)(=O)N(CC(=O)O)CC1CN(C(=O)CCC2CC2)CCO1. The zero-order chi connectivity index (χ0) is 17.0. The van der Waals surface area contributed by atoms with E-state index in [9.17, 15) is 18.0 Å². The third-order valence-electron chi connectivity index (χ3n) is 4.14. The fourth-order valence-electron chi connectivity index (χ4n) is 2.64. The summed E-state index contributed by atoms with van der Waals surface area (Å²) in [6.45, 7) is 0.476. The summed E-state index contributed by atoms with van der Waals surface area (Å²) in [5.74, 6) is -0.468. The van der Waals surface area contributed by atoms with Gasteiger partial charge in [-0.25, -0.2) is 8.42 Å². The third-order valence-corrected chi connectivity index (χ3v) is 5.36. The molecule has 0 bridgehead atoms. The molecular weight excluding hydrogens is 324 g/mol. The fraction of sp³-hybridized carbons (Fsp3) is 0.857. The average Bonchev–Trinajstić information content (AvgIpc) is 3.27. The zero-order valence-corrected chi connectivity index (χ0v) is 14.1. The second kappa shape index (κ2) is 7.59. The van der Waals surface area contributed by atoms with Crippen LogP contribution in [0.3, 0.4) is 0 Å². The summed E-state index contributed by atoms with van der Waals surface area (Å²) in [7, 11) is -3.64. The van der Waals surface area contributed by atoms with Crippen LogP contribution in [0.25, 0.3) is 0 Å². The zero-order valence-electron chi connectivity index (χ0n) is 13.3.